The van der Waals surface area contributed by atoms with E-state index in [0.717, 1.165) is 6.42 Å². The molecule has 0 heterocycles. The highest BCUT2D eigenvalue weighted by atomic mass is 14.3. The van der Waals surface area contributed by atoms with E-state index in [4.69, 9.17) is 5.41 Å². The largest absolute Gasteiger partial charge is 0.313 e. The molecule has 0 aromatic carbocycles. The van der Waals surface area contributed by atoms with Crippen molar-refractivity contribution < 1.29 is 0 Å². The lowest BCUT2D eigenvalue weighted by Gasteiger charge is -2.02. The minimum Gasteiger partial charge on any atom is -0.313 e. The van der Waals surface area contributed by atoms with Gasteiger partial charge in [0.2, 0.25) is 0 Å². The molecule has 0 aromatic heterocycles. The number of unbranched alkanes of at least 4 members (excludes halogenated alkanes) is 12. The van der Waals surface area contributed by atoms with Gasteiger partial charge in [0.05, 0.1) is 0 Å². The maximum absolute atomic E-state index is 6.90. The summed E-state index contributed by atoms with van der Waals surface area (Å²) in [7, 11) is 0. The van der Waals surface area contributed by atoms with Crippen LogP contribution in [0, 0.1) is 5.41 Å². The second kappa shape index (κ2) is 17.4. The Kier molecular flexibility index (Phi) is 16.9. The van der Waals surface area contributed by atoms with E-state index in [9.17, 15) is 0 Å². The molecule has 0 saturated heterocycles. The first-order valence-electron chi connectivity index (χ1n) is 8.55. The number of nitrogens with one attached hydrogen (secondary N) is 1. The van der Waals surface area contributed by atoms with E-state index >= 15 is 0 Å². The fraction of sp³-hybridized carbons (Fsp3) is 0.833. The van der Waals surface area contributed by atoms with Crippen LogP contribution < -0.4 is 0 Å². The van der Waals surface area contributed by atoms with E-state index in [-0.39, 0.29) is 0 Å². The maximum atomic E-state index is 6.90. The van der Waals surface area contributed by atoms with Gasteiger partial charge in [-0.05, 0) is 25.5 Å². The highest BCUT2D eigenvalue weighted by Crippen LogP contribution is 2.12. The van der Waals surface area contributed by atoms with Crippen molar-refractivity contribution in [2.45, 2.75) is 96.8 Å². The molecule has 1 nitrogen and oxygen atoms in total. The Labute approximate surface area is 121 Å². The minimum absolute atomic E-state index is 0.804. The van der Waals surface area contributed by atoms with E-state index in [1.165, 1.54) is 89.7 Å². The number of rotatable bonds is 15. The summed E-state index contributed by atoms with van der Waals surface area (Å²) in [6.07, 6.45) is 24.8. The molecular weight excluding hydrogens is 230 g/mol. The molecule has 0 atom stereocenters. The van der Waals surface area contributed by atoms with Gasteiger partial charge in [-0.3, -0.25) is 0 Å². The van der Waals surface area contributed by atoms with Gasteiger partial charge in [-0.2, -0.15) is 0 Å². The van der Waals surface area contributed by atoms with Crippen LogP contribution in [0.15, 0.2) is 12.2 Å². The molecule has 0 bridgehead atoms. The summed E-state index contributed by atoms with van der Waals surface area (Å²) >= 11 is 0. The third kappa shape index (κ3) is 17.4. The molecule has 0 rings (SSSR count). The smallest absolute Gasteiger partial charge is 0.0000185 e. The lowest BCUT2D eigenvalue weighted by molar-refractivity contribution is 0.545. The highest BCUT2D eigenvalue weighted by molar-refractivity contribution is 5.55. The molecule has 19 heavy (non-hydrogen) atoms. The zero-order valence-electron chi connectivity index (χ0n) is 13.1. The Balaban J connectivity index is 2.97. The van der Waals surface area contributed by atoms with E-state index in [1.807, 2.05) is 0 Å². The van der Waals surface area contributed by atoms with Crippen LogP contribution in [0.25, 0.3) is 0 Å². The Bertz CT molecular complexity index is 196. The predicted octanol–water partition coefficient (Wildman–Crippen LogP) is 6.67. The third-order valence-corrected chi connectivity index (χ3v) is 3.64. The molecule has 0 aromatic rings. The monoisotopic (exact) mass is 265 g/mol. The average molecular weight is 265 g/mol. The van der Waals surface area contributed by atoms with Gasteiger partial charge in [0.15, 0.2) is 0 Å². The lowest BCUT2D eigenvalue weighted by Crippen LogP contribution is -1.82. The molecule has 0 aliphatic carbocycles. The predicted molar refractivity (Wildman–Crippen MR) is 88.2 cm³/mol. The van der Waals surface area contributed by atoms with Gasteiger partial charge in [-0.25, -0.2) is 0 Å². The van der Waals surface area contributed by atoms with Crippen molar-refractivity contribution in [3.63, 3.8) is 0 Å². The Morgan fingerprint density at radius 2 is 1.11 bits per heavy atom. The second-order valence-electron chi connectivity index (χ2n) is 5.59. The number of hydrogen-bond acceptors (Lipinski definition) is 1. The standard InChI is InChI=1S/C18H35N/c1-2-3-4-5-6-7-8-9-10-11-12-13-14-15-16-17-18-19/h15-16,18-19H,2-14,17H2,1H3. The lowest BCUT2D eigenvalue weighted by atomic mass is 10.0. The normalized spacial score (nSPS) is 11.2. The van der Waals surface area contributed by atoms with Gasteiger partial charge >= 0.3 is 0 Å². The summed E-state index contributed by atoms with van der Waals surface area (Å²) in [4.78, 5) is 0. The van der Waals surface area contributed by atoms with Crippen molar-refractivity contribution in [1.82, 2.24) is 0 Å². The van der Waals surface area contributed by atoms with Crippen LogP contribution in [0.5, 0.6) is 0 Å². The first kappa shape index (κ1) is 18.4. The van der Waals surface area contributed by atoms with E-state index in [0.29, 0.717) is 0 Å². The molecule has 1 N–H and O–H groups in total. The summed E-state index contributed by atoms with van der Waals surface area (Å²) in [5.74, 6) is 0. The zero-order chi connectivity index (χ0) is 14.0. The van der Waals surface area contributed by atoms with Crippen LogP contribution >= 0.6 is 0 Å². The SMILES string of the molecule is CCCCCCCCCCCCCCC=CCC=N. The number of hydrogen-bond donors (Lipinski definition) is 1. The molecule has 0 amide bonds. The zero-order valence-corrected chi connectivity index (χ0v) is 13.1. The highest BCUT2D eigenvalue weighted by Gasteiger charge is 1.92. The van der Waals surface area contributed by atoms with Crippen molar-refractivity contribution in [2.75, 3.05) is 0 Å². The first-order valence-corrected chi connectivity index (χ1v) is 8.55. The van der Waals surface area contributed by atoms with Crippen molar-refractivity contribution in [2.24, 2.45) is 0 Å². The van der Waals surface area contributed by atoms with Crippen molar-refractivity contribution in [3.8, 4) is 0 Å². The molecule has 0 aliphatic heterocycles. The van der Waals surface area contributed by atoms with Crippen molar-refractivity contribution in [1.29, 1.82) is 5.41 Å². The number of allylic oxidation sites excluding steroid dienone is 2. The molecule has 0 spiro atoms. The Morgan fingerprint density at radius 3 is 1.58 bits per heavy atom. The third-order valence-electron chi connectivity index (χ3n) is 3.64. The molecular formula is C18H35N. The fourth-order valence-electron chi connectivity index (χ4n) is 2.39. The molecule has 0 radical (unpaired) electrons. The average Bonchev–Trinajstić information content (AvgIpc) is 2.43. The molecule has 0 unspecified atom stereocenters. The summed E-state index contributed by atoms with van der Waals surface area (Å²) in [5.41, 5.74) is 0. The molecule has 0 aliphatic rings. The van der Waals surface area contributed by atoms with Gasteiger partial charge in [0.1, 0.15) is 0 Å². The van der Waals surface area contributed by atoms with Crippen LogP contribution in [-0.2, 0) is 0 Å². The fourth-order valence-corrected chi connectivity index (χ4v) is 2.39. The van der Waals surface area contributed by atoms with Gasteiger partial charge in [-0.15, -0.1) is 0 Å². The summed E-state index contributed by atoms with van der Waals surface area (Å²) in [6, 6.07) is 0. The van der Waals surface area contributed by atoms with Crippen LogP contribution in [0.1, 0.15) is 96.8 Å². The van der Waals surface area contributed by atoms with Gasteiger partial charge < -0.3 is 5.41 Å². The summed E-state index contributed by atoms with van der Waals surface area (Å²) in [5, 5.41) is 6.90. The van der Waals surface area contributed by atoms with Crippen molar-refractivity contribution in [3.05, 3.63) is 12.2 Å². The van der Waals surface area contributed by atoms with E-state index < -0.39 is 0 Å². The summed E-state index contributed by atoms with van der Waals surface area (Å²) < 4.78 is 0. The van der Waals surface area contributed by atoms with Gasteiger partial charge in [0.25, 0.3) is 0 Å². The Hall–Kier alpha value is -0.590. The van der Waals surface area contributed by atoms with Crippen molar-refractivity contribution >= 4 is 6.21 Å². The van der Waals surface area contributed by atoms with Crippen LogP contribution in [0.3, 0.4) is 0 Å². The van der Waals surface area contributed by atoms with Crippen LogP contribution in [0.4, 0.5) is 0 Å². The van der Waals surface area contributed by atoms with Crippen LogP contribution in [-0.4, -0.2) is 6.21 Å². The van der Waals surface area contributed by atoms with Gasteiger partial charge in [0, 0.05) is 0 Å². The topological polar surface area (TPSA) is 23.9 Å². The second-order valence-corrected chi connectivity index (χ2v) is 5.59. The Morgan fingerprint density at radius 1 is 0.632 bits per heavy atom. The van der Waals surface area contributed by atoms with Crippen LogP contribution in [0.2, 0.25) is 0 Å². The quantitative estimate of drug-likeness (QED) is 0.194. The first-order chi connectivity index (χ1) is 9.41. The van der Waals surface area contributed by atoms with E-state index in [2.05, 4.69) is 19.1 Å². The molecule has 1 heteroatoms. The maximum Gasteiger partial charge on any atom is -0.0000185 e. The van der Waals surface area contributed by atoms with Gasteiger partial charge in [-0.1, -0.05) is 89.7 Å². The minimum atomic E-state index is 0.804. The molecule has 0 saturated carbocycles. The molecule has 0 fully saturated rings. The summed E-state index contributed by atoms with van der Waals surface area (Å²) in [6.45, 7) is 2.28. The van der Waals surface area contributed by atoms with E-state index in [1.54, 1.807) is 0 Å². The molecule has 112 valence electrons.